The van der Waals surface area contributed by atoms with Crippen molar-refractivity contribution in [3.05, 3.63) is 22.0 Å². The zero-order valence-electron chi connectivity index (χ0n) is 10.9. The molecule has 1 aliphatic rings. The van der Waals surface area contributed by atoms with Crippen molar-refractivity contribution >= 4 is 11.7 Å². The summed E-state index contributed by atoms with van der Waals surface area (Å²) >= 11 is 0. The van der Waals surface area contributed by atoms with E-state index in [0.717, 1.165) is 25.9 Å². The third-order valence-corrected chi connectivity index (χ3v) is 3.35. The van der Waals surface area contributed by atoms with Crippen LogP contribution in [0.4, 0.5) is 5.69 Å². The molecule has 0 radical (unpaired) electrons. The van der Waals surface area contributed by atoms with Gasteiger partial charge in [-0.2, -0.15) is 5.10 Å². The summed E-state index contributed by atoms with van der Waals surface area (Å²) in [5, 5.41) is 15.0. The van der Waals surface area contributed by atoms with Gasteiger partial charge in [0.1, 0.15) is 6.20 Å². The molecular weight excluding hydrogens is 252 g/mol. The van der Waals surface area contributed by atoms with Crippen LogP contribution in [0.3, 0.4) is 0 Å². The third kappa shape index (κ3) is 2.73. The van der Waals surface area contributed by atoms with Gasteiger partial charge in [-0.25, -0.2) is 4.79 Å². The van der Waals surface area contributed by atoms with Crippen LogP contribution in [0.25, 0.3) is 0 Å². The van der Waals surface area contributed by atoms with E-state index in [9.17, 15) is 14.9 Å². The molecular formula is C11H16N4O4. The summed E-state index contributed by atoms with van der Waals surface area (Å²) in [6.45, 7) is 1.82. The van der Waals surface area contributed by atoms with E-state index >= 15 is 0 Å². The molecule has 1 aromatic heterocycles. The normalized spacial score (nSPS) is 17.4. The lowest BCUT2D eigenvalue weighted by Gasteiger charge is -2.28. The smallest absolute Gasteiger partial charge is 0.365 e. The van der Waals surface area contributed by atoms with Crippen LogP contribution in [-0.2, 0) is 4.74 Å². The molecule has 19 heavy (non-hydrogen) atoms. The van der Waals surface area contributed by atoms with Gasteiger partial charge in [0.2, 0.25) is 5.69 Å². The second-order valence-corrected chi connectivity index (χ2v) is 4.63. The van der Waals surface area contributed by atoms with Gasteiger partial charge >= 0.3 is 11.7 Å². The van der Waals surface area contributed by atoms with Crippen LogP contribution in [0, 0.1) is 10.1 Å². The van der Waals surface area contributed by atoms with Crippen LogP contribution in [0.5, 0.6) is 0 Å². The van der Waals surface area contributed by atoms with Crippen molar-refractivity contribution < 1.29 is 14.5 Å². The zero-order valence-corrected chi connectivity index (χ0v) is 10.9. The molecule has 2 rings (SSSR count). The van der Waals surface area contributed by atoms with Crippen LogP contribution in [0.2, 0.25) is 0 Å². The minimum absolute atomic E-state index is 0.0910. The third-order valence-electron chi connectivity index (χ3n) is 3.35. The van der Waals surface area contributed by atoms with Gasteiger partial charge in [0.15, 0.2) is 0 Å². The molecule has 1 saturated heterocycles. The Morgan fingerprint density at radius 2 is 2.16 bits per heavy atom. The lowest BCUT2D eigenvalue weighted by molar-refractivity contribution is -0.385. The molecule has 0 spiro atoms. The highest BCUT2D eigenvalue weighted by Gasteiger charge is 2.29. The van der Waals surface area contributed by atoms with Crippen LogP contribution in [0.1, 0.15) is 29.4 Å². The molecule has 8 heteroatoms. The molecule has 104 valence electrons. The van der Waals surface area contributed by atoms with E-state index in [1.807, 2.05) is 7.05 Å². The fourth-order valence-corrected chi connectivity index (χ4v) is 2.20. The summed E-state index contributed by atoms with van der Waals surface area (Å²) in [4.78, 5) is 24.0. The number of piperidine rings is 1. The molecule has 1 aromatic rings. The second kappa shape index (κ2) is 5.35. The zero-order chi connectivity index (χ0) is 14.0. The van der Waals surface area contributed by atoms with E-state index in [2.05, 4.69) is 14.7 Å². The molecule has 0 amide bonds. The van der Waals surface area contributed by atoms with Crippen molar-refractivity contribution in [1.82, 2.24) is 14.7 Å². The Morgan fingerprint density at radius 1 is 1.53 bits per heavy atom. The van der Waals surface area contributed by atoms with E-state index in [4.69, 9.17) is 0 Å². The molecule has 8 nitrogen and oxygen atoms in total. The number of nitrogens with zero attached hydrogens (tertiary/aromatic N) is 4. The monoisotopic (exact) mass is 268 g/mol. The summed E-state index contributed by atoms with van der Waals surface area (Å²) in [5.74, 6) is -0.779. The summed E-state index contributed by atoms with van der Waals surface area (Å²) in [6.07, 6.45) is 3.04. The number of carbonyl (C=O) groups is 1. The fraction of sp³-hybridized carbons (Fsp3) is 0.636. The fourth-order valence-electron chi connectivity index (χ4n) is 2.20. The van der Waals surface area contributed by atoms with E-state index < -0.39 is 10.9 Å². The molecule has 0 unspecified atom stereocenters. The molecule has 0 saturated carbocycles. The first-order chi connectivity index (χ1) is 9.02. The van der Waals surface area contributed by atoms with E-state index in [1.54, 1.807) is 0 Å². The van der Waals surface area contributed by atoms with Crippen LogP contribution in [0.15, 0.2) is 6.20 Å². The summed E-state index contributed by atoms with van der Waals surface area (Å²) < 4.78 is 6.04. The lowest BCUT2D eigenvalue weighted by atomic mass is 10.1. The average molecular weight is 268 g/mol. The highest BCUT2D eigenvalue weighted by atomic mass is 16.6. The van der Waals surface area contributed by atoms with Crippen molar-refractivity contribution in [3.63, 3.8) is 0 Å². The van der Waals surface area contributed by atoms with Gasteiger partial charge in [0.05, 0.1) is 18.1 Å². The minimum atomic E-state index is -0.779. The summed E-state index contributed by atoms with van der Waals surface area (Å²) in [5.41, 5.74) is -0.530. The molecule has 1 aliphatic heterocycles. The van der Waals surface area contributed by atoms with Gasteiger partial charge < -0.3 is 9.64 Å². The number of ether oxygens (including phenoxy) is 1. The Balaban J connectivity index is 2.27. The number of methoxy groups -OCH3 is 1. The average Bonchev–Trinajstić information content (AvgIpc) is 2.84. The number of nitro groups is 1. The standard InChI is InChI=1S/C11H16N4O4/c1-13-5-3-8(4-6-13)14-7-9(15(17)18)10(12-14)11(16)19-2/h7-8H,3-6H2,1-2H3. The lowest BCUT2D eigenvalue weighted by Crippen LogP contribution is -2.31. The van der Waals surface area contributed by atoms with Gasteiger partial charge in [-0.3, -0.25) is 14.8 Å². The van der Waals surface area contributed by atoms with Crippen molar-refractivity contribution in [2.75, 3.05) is 27.2 Å². The number of esters is 1. The molecule has 0 aliphatic carbocycles. The molecule has 2 heterocycles. The number of carbonyl (C=O) groups excluding carboxylic acids is 1. The summed E-state index contributed by atoms with van der Waals surface area (Å²) in [6, 6.07) is 0.0910. The van der Waals surface area contributed by atoms with Crippen molar-refractivity contribution in [1.29, 1.82) is 0 Å². The maximum atomic E-state index is 11.5. The first kappa shape index (κ1) is 13.5. The molecule has 0 aromatic carbocycles. The Kier molecular flexibility index (Phi) is 3.79. The summed E-state index contributed by atoms with van der Waals surface area (Å²) in [7, 11) is 3.21. The Bertz CT molecular complexity index is 491. The highest BCUT2D eigenvalue weighted by Crippen LogP contribution is 2.25. The Labute approximate surface area is 110 Å². The van der Waals surface area contributed by atoms with Gasteiger partial charge in [0, 0.05) is 0 Å². The van der Waals surface area contributed by atoms with Gasteiger partial charge in [-0.1, -0.05) is 0 Å². The Morgan fingerprint density at radius 3 is 2.68 bits per heavy atom. The van der Waals surface area contributed by atoms with Crippen molar-refractivity contribution in [2.45, 2.75) is 18.9 Å². The first-order valence-electron chi connectivity index (χ1n) is 6.03. The number of aromatic nitrogens is 2. The van der Waals surface area contributed by atoms with E-state index in [1.165, 1.54) is 18.0 Å². The topological polar surface area (TPSA) is 90.5 Å². The largest absolute Gasteiger partial charge is 0.464 e. The maximum absolute atomic E-state index is 11.5. The number of likely N-dealkylation sites (tertiary alicyclic amines) is 1. The van der Waals surface area contributed by atoms with Crippen LogP contribution in [-0.4, -0.2) is 52.8 Å². The van der Waals surface area contributed by atoms with Crippen LogP contribution < -0.4 is 0 Å². The number of hydrogen-bond donors (Lipinski definition) is 0. The molecule has 1 fully saturated rings. The quantitative estimate of drug-likeness (QED) is 0.458. The van der Waals surface area contributed by atoms with Gasteiger partial charge in [-0.15, -0.1) is 0 Å². The van der Waals surface area contributed by atoms with E-state index in [-0.39, 0.29) is 17.4 Å². The Hall–Kier alpha value is -1.96. The predicted molar refractivity (Wildman–Crippen MR) is 66.0 cm³/mol. The van der Waals surface area contributed by atoms with Gasteiger partial charge in [0.25, 0.3) is 0 Å². The van der Waals surface area contributed by atoms with E-state index in [0.29, 0.717) is 0 Å². The van der Waals surface area contributed by atoms with Crippen LogP contribution >= 0.6 is 0 Å². The predicted octanol–water partition coefficient (Wildman–Crippen LogP) is 0.845. The van der Waals surface area contributed by atoms with Crippen molar-refractivity contribution in [3.8, 4) is 0 Å². The number of hydrogen-bond acceptors (Lipinski definition) is 6. The SMILES string of the molecule is COC(=O)c1nn(C2CCN(C)CC2)cc1[N+](=O)[O-]. The maximum Gasteiger partial charge on any atom is 0.365 e. The minimum Gasteiger partial charge on any atom is -0.464 e. The van der Waals surface area contributed by atoms with Crippen molar-refractivity contribution in [2.24, 2.45) is 0 Å². The van der Waals surface area contributed by atoms with Gasteiger partial charge in [-0.05, 0) is 33.0 Å². The highest BCUT2D eigenvalue weighted by molar-refractivity contribution is 5.91. The second-order valence-electron chi connectivity index (χ2n) is 4.63. The molecule has 0 N–H and O–H groups in total. The number of rotatable bonds is 3. The first-order valence-corrected chi connectivity index (χ1v) is 6.03. The molecule has 0 atom stereocenters. The molecule has 0 bridgehead atoms.